The van der Waals surface area contributed by atoms with Crippen molar-refractivity contribution in [1.82, 2.24) is 9.97 Å². The van der Waals surface area contributed by atoms with Gasteiger partial charge in [-0.2, -0.15) is 4.98 Å². The van der Waals surface area contributed by atoms with Gasteiger partial charge in [-0.1, -0.05) is 12.1 Å². The molecule has 3 rings (SSSR count). The molecule has 5 nitrogen and oxygen atoms in total. The first-order valence-electron chi connectivity index (χ1n) is 6.56. The van der Waals surface area contributed by atoms with Crippen molar-refractivity contribution >= 4 is 16.9 Å². The lowest BCUT2D eigenvalue weighted by atomic mass is 10.1. The minimum atomic E-state index is 0.178. The number of nitrogens with zero attached hydrogens (tertiary/aromatic N) is 2. The summed E-state index contributed by atoms with van der Waals surface area (Å²) in [5.74, 6) is 1.24. The molecule has 1 fully saturated rings. The van der Waals surface area contributed by atoms with Crippen LogP contribution in [0.1, 0.15) is 12.8 Å². The Morgan fingerprint density at radius 1 is 1.21 bits per heavy atom. The summed E-state index contributed by atoms with van der Waals surface area (Å²) in [6, 6.07) is 7.90. The maximum atomic E-state index is 6.04. The van der Waals surface area contributed by atoms with Crippen LogP contribution in [0.25, 0.3) is 10.9 Å². The van der Waals surface area contributed by atoms with Crippen molar-refractivity contribution < 1.29 is 9.47 Å². The average molecular weight is 259 g/mol. The van der Waals surface area contributed by atoms with E-state index in [-0.39, 0.29) is 6.10 Å². The van der Waals surface area contributed by atoms with Crippen LogP contribution in [0, 0.1) is 0 Å². The van der Waals surface area contributed by atoms with Crippen molar-refractivity contribution in [1.29, 1.82) is 0 Å². The molecule has 1 aromatic carbocycles. The second kappa shape index (κ2) is 5.40. The Kier molecular flexibility index (Phi) is 3.46. The van der Waals surface area contributed by atoms with Crippen molar-refractivity contribution in [3.05, 3.63) is 24.3 Å². The summed E-state index contributed by atoms with van der Waals surface area (Å²) in [5.41, 5.74) is 0.893. The molecule has 1 aromatic heterocycles. The first-order chi connectivity index (χ1) is 9.36. The number of ether oxygens (including phenoxy) is 2. The van der Waals surface area contributed by atoms with Gasteiger partial charge in [0, 0.05) is 19.9 Å². The topological polar surface area (TPSA) is 56.3 Å². The molecule has 0 spiro atoms. The Morgan fingerprint density at radius 3 is 2.79 bits per heavy atom. The molecule has 0 unspecified atom stereocenters. The van der Waals surface area contributed by atoms with E-state index >= 15 is 0 Å². The summed E-state index contributed by atoms with van der Waals surface area (Å²) in [7, 11) is 1.81. The van der Waals surface area contributed by atoms with E-state index in [1.54, 1.807) is 0 Å². The van der Waals surface area contributed by atoms with Gasteiger partial charge in [-0.15, -0.1) is 0 Å². The van der Waals surface area contributed by atoms with Gasteiger partial charge in [-0.05, 0) is 12.1 Å². The summed E-state index contributed by atoms with van der Waals surface area (Å²) in [6.07, 6.45) is 2.00. The van der Waals surface area contributed by atoms with Gasteiger partial charge < -0.3 is 14.8 Å². The van der Waals surface area contributed by atoms with E-state index in [1.165, 1.54) is 0 Å². The lowest BCUT2D eigenvalue weighted by Crippen LogP contribution is -2.26. The van der Waals surface area contributed by atoms with Gasteiger partial charge in [0.2, 0.25) is 11.8 Å². The second-order valence-electron chi connectivity index (χ2n) is 4.55. The van der Waals surface area contributed by atoms with Gasteiger partial charge in [0.15, 0.2) is 0 Å². The quantitative estimate of drug-likeness (QED) is 0.916. The van der Waals surface area contributed by atoms with Crippen molar-refractivity contribution in [2.24, 2.45) is 0 Å². The van der Waals surface area contributed by atoms with Crippen LogP contribution < -0.4 is 10.1 Å². The molecule has 0 saturated carbocycles. The van der Waals surface area contributed by atoms with Gasteiger partial charge in [-0.25, -0.2) is 4.98 Å². The second-order valence-corrected chi connectivity index (χ2v) is 4.55. The lowest BCUT2D eigenvalue weighted by Gasteiger charge is -2.23. The number of nitrogens with one attached hydrogen (secondary N) is 1. The van der Waals surface area contributed by atoms with Gasteiger partial charge in [0.25, 0.3) is 0 Å². The van der Waals surface area contributed by atoms with Crippen LogP contribution in [0.2, 0.25) is 0 Å². The number of aromatic nitrogens is 2. The molecule has 1 aliphatic heterocycles. The summed E-state index contributed by atoms with van der Waals surface area (Å²) in [5, 5.41) is 3.92. The smallest absolute Gasteiger partial charge is 0.226 e. The Hall–Kier alpha value is -1.88. The molecule has 0 bridgehead atoms. The molecule has 1 saturated heterocycles. The van der Waals surface area contributed by atoms with Crippen LogP contribution in [0.15, 0.2) is 24.3 Å². The fraction of sp³-hybridized carbons (Fsp3) is 0.429. The zero-order valence-corrected chi connectivity index (χ0v) is 10.9. The summed E-state index contributed by atoms with van der Waals surface area (Å²) in [4.78, 5) is 8.85. The normalized spacial score (nSPS) is 16.5. The number of rotatable bonds is 3. The number of anilines is 1. The SMILES string of the molecule is CNc1nc(OC2CCOCC2)c2ccccc2n1. The Labute approximate surface area is 112 Å². The van der Waals surface area contributed by atoms with Crippen LogP contribution in [0.4, 0.5) is 5.95 Å². The molecule has 100 valence electrons. The van der Waals surface area contributed by atoms with E-state index in [4.69, 9.17) is 9.47 Å². The van der Waals surface area contributed by atoms with E-state index in [9.17, 15) is 0 Å². The van der Waals surface area contributed by atoms with Crippen molar-refractivity contribution in [3.8, 4) is 5.88 Å². The number of hydrogen-bond acceptors (Lipinski definition) is 5. The molecule has 2 aromatic rings. The molecule has 19 heavy (non-hydrogen) atoms. The minimum absolute atomic E-state index is 0.178. The molecule has 1 aliphatic rings. The highest BCUT2D eigenvalue weighted by atomic mass is 16.5. The third-order valence-electron chi connectivity index (χ3n) is 3.24. The maximum absolute atomic E-state index is 6.04. The van der Waals surface area contributed by atoms with Crippen LogP contribution in [0.3, 0.4) is 0 Å². The highest BCUT2D eigenvalue weighted by Crippen LogP contribution is 2.26. The fourth-order valence-corrected chi connectivity index (χ4v) is 2.20. The number of benzene rings is 1. The first kappa shape index (κ1) is 12.2. The Bertz CT molecular complexity index is 568. The molecule has 0 atom stereocenters. The van der Waals surface area contributed by atoms with Crippen LogP contribution in [0.5, 0.6) is 5.88 Å². The molecular formula is C14H17N3O2. The summed E-state index contributed by atoms with van der Waals surface area (Å²) in [6.45, 7) is 1.51. The van der Waals surface area contributed by atoms with E-state index in [2.05, 4.69) is 15.3 Å². The first-order valence-corrected chi connectivity index (χ1v) is 6.56. The van der Waals surface area contributed by atoms with Gasteiger partial charge in [0.1, 0.15) is 6.10 Å². The molecule has 1 N–H and O–H groups in total. The van der Waals surface area contributed by atoms with Crippen molar-refractivity contribution in [3.63, 3.8) is 0 Å². The van der Waals surface area contributed by atoms with Gasteiger partial charge >= 0.3 is 0 Å². The van der Waals surface area contributed by atoms with Crippen molar-refractivity contribution in [2.45, 2.75) is 18.9 Å². The van der Waals surface area contributed by atoms with Gasteiger partial charge in [-0.3, -0.25) is 0 Å². The van der Waals surface area contributed by atoms with E-state index < -0.39 is 0 Å². The minimum Gasteiger partial charge on any atom is -0.474 e. The lowest BCUT2D eigenvalue weighted by molar-refractivity contribution is 0.0244. The average Bonchev–Trinajstić information content (AvgIpc) is 2.48. The zero-order valence-electron chi connectivity index (χ0n) is 10.9. The number of hydrogen-bond donors (Lipinski definition) is 1. The molecule has 2 heterocycles. The molecular weight excluding hydrogens is 242 g/mol. The fourth-order valence-electron chi connectivity index (χ4n) is 2.20. The number of fused-ring (bicyclic) bond motifs is 1. The maximum Gasteiger partial charge on any atom is 0.226 e. The highest BCUT2D eigenvalue weighted by Gasteiger charge is 2.18. The summed E-state index contributed by atoms with van der Waals surface area (Å²) < 4.78 is 11.4. The molecule has 0 amide bonds. The third-order valence-corrected chi connectivity index (χ3v) is 3.24. The molecule has 5 heteroatoms. The molecule has 0 radical (unpaired) electrons. The summed E-state index contributed by atoms with van der Waals surface area (Å²) >= 11 is 0. The predicted molar refractivity (Wildman–Crippen MR) is 73.6 cm³/mol. The van der Waals surface area contributed by atoms with Crippen LogP contribution in [-0.4, -0.2) is 36.3 Å². The van der Waals surface area contributed by atoms with E-state index in [0.29, 0.717) is 11.8 Å². The Morgan fingerprint density at radius 2 is 2.00 bits per heavy atom. The largest absolute Gasteiger partial charge is 0.474 e. The van der Waals surface area contributed by atoms with E-state index in [0.717, 1.165) is 37.0 Å². The van der Waals surface area contributed by atoms with Crippen molar-refractivity contribution in [2.75, 3.05) is 25.6 Å². The standard InChI is InChI=1S/C14H17N3O2/c1-15-14-16-12-5-3-2-4-11(12)13(17-14)19-10-6-8-18-9-7-10/h2-5,10H,6-9H2,1H3,(H,15,16,17). The third kappa shape index (κ3) is 2.61. The highest BCUT2D eigenvalue weighted by molar-refractivity contribution is 5.84. The van der Waals surface area contributed by atoms with Crippen LogP contribution in [-0.2, 0) is 4.74 Å². The predicted octanol–water partition coefficient (Wildman–Crippen LogP) is 2.23. The zero-order chi connectivity index (χ0) is 13.1. The van der Waals surface area contributed by atoms with Gasteiger partial charge in [0.05, 0.1) is 24.1 Å². The monoisotopic (exact) mass is 259 g/mol. The molecule has 0 aliphatic carbocycles. The Balaban J connectivity index is 1.95. The number of para-hydroxylation sites is 1. The van der Waals surface area contributed by atoms with Crippen LogP contribution >= 0.6 is 0 Å². The van der Waals surface area contributed by atoms with E-state index in [1.807, 2.05) is 31.3 Å².